The highest BCUT2D eigenvalue weighted by Crippen LogP contribution is 2.47. The highest BCUT2D eigenvalue weighted by molar-refractivity contribution is 6.20. The van der Waals surface area contributed by atoms with Gasteiger partial charge in [0, 0.05) is 97.5 Å². The summed E-state index contributed by atoms with van der Waals surface area (Å²) in [5, 5.41) is 20.6. The molecule has 31 aromatic rings. The predicted octanol–water partition coefficient (Wildman–Crippen LogP) is 32.4. The third-order valence-electron chi connectivity index (χ3n) is 28.1. The molecule has 141 heavy (non-hydrogen) atoms. The van der Waals surface area contributed by atoms with Crippen molar-refractivity contribution < 1.29 is 13.3 Å². The van der Waals surface area contributed by atoms with Gasteiger partial charge < -0.3 is 27.0 Å². The Bertz CT molecular complexity index is 10300. The minimum absolute atomic E-state index is 0.556. The Morgan fingerprint density at radius 3 is 0.674 bits per heavy atom. The first-order chi connectivity index (χ1) is 70.0. The number of nitrogens with zero attached hydrogens (tertiary/aromatic N) is 12. The Morgan fingerprint density at radius 2 is 0.355 bits per heavy atom. The monoisotopic (exact) mass is 1800 g/mol. The molecule has 0 fully saturated rings. The minimum Gasteiger partial charge on any atom is -0.456 e. The molecular weight excluding hydrogens is 1730 g/mol. The second-order valence-corrected chi connectivity index (χ2v) is 35.9. The zero-order chi connectivity index (χ0) is 92.4. The topological polar surface area (TPSA) is 146 Å². The van der Waals surface area contributed by atoms with Crippen LogP contribution in [-0.4, -0.2) is 57.3 Å². The van der Waals surface area contributed by atoms with Crippen LogP contribution >= 0.6 is 0 Å². The van der Waals surface area contributed by atoms with Gasteiger partial charge in [0.2, 0.25) is 17.8 Å². The lowest BCUT2D eigenvalue weighted by molar-refractivity contribution is 0.668. The van der Waals surface area contributed by atoms with Crippen LogP contribution in [0.5, 0.6) is 0 Å². The Hall–Kier alpha value is -19.4. The van der Waals surface area contributed by atoms with Gasteiger partial charge in [-0.1, -0.05) is 303 Å². The molecule has 11 aromatic heterocycles. The smallest absolute Gasteiger partial charge is 0.240 e. The molecule has 0 amide bonds. The summed E-state index contributed by atoms with van der Waals surface area (Å²) in [6.45, 7) is 0. The average Bonchev–Trinajstić information content (AvgIpc) is 1.58. The van der Waals surface area contributed by atoms with Crippen LogP contribution in [0.15, 0.2) is 474 Å². The number of hydrogen-bond donors (Lipinski definition) is 0. The maximum absolute atomic E-state index is 6.34. The van der Waals surface area contributed by atoms with E-state index in [0.717, 1.165) is 209 Å². The Balaban J connectivity index is 0.000000105. The second kappa shape index (κ2) is 31.6. The molecule has 0 atom stereocenters. The van der Waals surface area contributed by atoms with E-state index in [1.807, 2.05) is 72.8 Å². The zero-order valence-corrected chi connectivity index (χ0v) is 75.5. The summed E-state index contributed by atoms with van der Waals surface area (Å²) in [6, 6.07) is 161. The van der Waals surface area contributed by atoms with Crippen LogP contribution < -0.4 is 0 Å². The van der Waals surface area contributed by atoms with Crippen molar-refractivity contribution in [2.75, 3.05) is 0 Å². The molecule has 0 bridgehead atoms. The molecule has 0 unspecified atom stereocenters. The van der Waals surface area contributed by atoms with Crippen molar-refractivity contribution in [3.63, 3.8) is 0 Å². The fourth-order valence-corrected chi connectivity index (χ4v) is 22.0. The van der Waals surface area contributed by atoms with Crippen molar-refractivity contribution in [2.24, 2.45) is 0 Å². The molecule has 0 spiro atoms. The molecule has 0 aliphatic heterocycles. The molecule has 15 heteroatoms. The van der Waals surface area contributed by atoms with Gasteiger partial charge in [0.05, 0.1) is 99.4 Å². The number of furan rings is 3. The summed E-state index contributed by atoms with van der Waals surface area (Å²) in [7, 11) is 0. The van der Waals surface area contributed by atoms with Gasteiger partial charge in [-0.15, -0.1) is 0 Å². The van der Waals surface area contributed by atoms with Crippen LogP contribution in [0.1, 0.15) is 0 Å². The van der Waals surface area contributed by atoms with Crippen LogP contribution in [0.4, 0.5) is 0 Å². The molecule has 11 heterocycles. The predicted molar refractivity (Wildman–Crippen MR) is 576 cm³/mol. The van der Waals surface area contributed by atoms with Crippen LogP contribution in [0, 0.1) is 0 Å². The lowest BCUT2D eigenvalue weighted by Crippen LogP contribution is -2.10. The highest BCUT2D eigenvalue weighted by atomic mass is 16.3. The first kappa shape index (κ1) is 79.0. The van der Waals surface area contributed by atoms with E-state index in [-0.39, 0.29) is 0 Å². The third-order valence-corrected chi connectivity index (χ3v) is 28.1. The van der Waals surface area contributed by atoms with Crippen molar-refractivity contribution in [3.8, 4) is 80.2 Å². The fourth-order valence-electron chi connectivity index (χ4n) is 22.0. The fraction of sp³-hybridized carbons (Fsp3) is 0. The standard InChI is InChI=1S/C51H30N6O.C45H27N5O.C30H19NO/c1-8-21-40-32(14-1)33-15-2-9-22-41(33)56(40)50-52-49(53-51(54-50)57-42-23-10-3-16-34(42)35-17-4-11-24-43(35)57)31-28-29-44-38(30-31)36-18-5-7-20-39(36)55(44)45-25-13-27-47-48(45)37-19-6-12-26-46(37)58-47;1-2-13-28(14-3-1)43-46-44(48-45(47-43)50-36-20-9-4-15-30(36)31-16-5-10-21-37(31)50)29-25-26-38-34(27-29)32-17-6-8-19-35(32)49(38)39-22-12-24-41-42(39)33-18-7-11-23-40(33)51-41;1-2-9-20(10-3-1)21-17-18-26-24(19-21)22-11-4-6-13-25(22)31(26)27-14-8-16-29-30(27)23-12-5-7-15-28(23)32-29/h1-30H;1-27H;1-19H. The molecular formula is C126H76N12O3. The van der Waals surface area contributed by atoms with E-state index in [2.05, 4.69) is 416 Å². The van der Waals surface area contributed by atoms with Crippen LogP contribution in [-0.2, 0) is 0 Å². The summed E-state index contributed by atoms with van der Waals surface area (Å²) in [4.78, 5) is 31.5. The number of benzene rings is 20. The lowest BCUT2D eigenvalue weighted by Gasteiger charge is -2.13. The lowest BCUT2D eigenvalue weighted by atomic mass is 10.0. The molecule has 15 nitrogen and oxygen atoms in total. The van der Waals surface area contributed by atoms with Crippen molar-refractivity contribution in [3.05, 3.63) is 461 Å². The maximum atomic E-state index is 6.34. The Kier molecular flexibility index (Phi) is 17.7. The molecule has 0 radical (unpaired) electrons. The van der Waals surface area contributed by atoms with E-state index in [9.17, 15) is 0 Å². The SMILES string of the molecule is c1ccc(-c2ccc3c(c2)c2ccccc2n3-c2cccc3oc4ccccc4c23)cc1.c1ccc(-c2nc(-c3ccc4c(c3)c3ccccc3n4-c3cccc4oc5ccccc5c34)nc(-n3c4ccccc4c4ccccc43)n2)cc1.c1ccc2c(c1)oc1cccc(-n3c4ccccc4c4cc(-c5nc(-n6c7ccccc7c7ccccc76)nc(-n6c7ccccc7c7ccccc76)n5)ccc43)c12. The average molecular weight is 1810 g/mol. The molecule has 0 aliphatic rings. The van der Waals surface area contributed by atoms with Gasteiger partial charge in [0.15, 0.2) is 17.5 Å². The number of aromatic nitrogens is 12. The third kappa shape index (κ3) is 12.4. The van der Waals surface area contributed by atoms with Gasteiger partial charge >= 0.3 is 0 Å². The molecule has 20 aromatic carbocycles. The Morgan fingerprint density at radius 1 is 0.135 bits per heavy atom. The Labute approximate surface area is 803 Å². The summed E-state index contributed by atoms with van der Waals surface area (Å²) in [5.74, 6) is 3.52. The van der Waals surface area contributed by atoms with E-state index in [0.29, 0.717) is 35.3 Å². The second-order valence-electron chi connectivity index (χ2n) is 35.9. The number of hydrogen-bond acceptors (Lipinski definition) is 9. The van der Waals surface area contributed by atoms with Crippen molar-refractivity contribution in [1.82, 2.24) is 57.3 Å². The van der Waals surface area contributed by atoms with Crippen LogP contribution in [0.2, 0.25) is 0 Å². The van der Waals surface area contributed by atoms with Gasteiger partial charge in [0.25, 0.3) is 0 Å². The van der Waals surface area contributed by atoms with E-state index < -0.39 is 0 Å². The summed E-state index contributed by atoms with van der Waals surface area (Å²) in [5.41, 5.74) is 26.9. The summed E-state index contributed by atoms with van der Waals surface area (Å²) < 4.78 is 32.4. The van der Waals surface area contributed by atoms with E-state index in [4.69, 9.17) is 43.2 Å². The van der Waals surface area contributed by atoms with Gasteiger partial charge in [0.1, 0.15) is 33.5 Å². The summed E-state index contributed by atoms with van der Waals surface area (Å²) >= 11 is 0. The molecule has 0 saturated heterocycles. The zero-order valence-electron chi connectivity index (χ0n) is 75.5. The van der Waals surface area contributed by atoms with Gasteiger partial charge in [-0.2, -0.15) is 24.9 Å². The molecule has 658 valence electrons. The summed E-state index contributed by atoms with van der Waals surface area (Å²) in [6.07, 6.45) is 0. The highest BCUT2D eigenvalue weighted by Gasteiger charge is 2.28. The normalized spacial score (nSPS) is 12.0. The minimum atomic E-state index is 0.556. The van der Waals surface area contributed by atoms with Crippen molar-refractivity contribution >= 4 is 197 Å². The van der Waals surface area contributed by atoms with Gasteiger partial charge in [-0.05, 0) is 169 Å². The number of para-hydroxylation sites is 12. The van der Waals surface area contributed by atoms with E-state index >= 15 is 0 Å². The van der Waals surface area contributed by atoms with E-state index in [1.165, 1.54) is 32.9 Å². The van der Waals surface area contributed by atoms with Crippen LogP contribution in [0.3, 0.4) is 0 Å². The van der Waals surface area contributed by atoms with E-state index in [1.54, 1.807) is 0 Å². The van der Waals surface area contributed by atoms with Crippen LogP contribution in [0.25, 0.3) is 277 Å². The molecule has 0 saturated carbocycles. The van der Waals surface area contributed by atoms with Gasteiger partial charge in [-0.3, -0.25) is 13.7 Å². The molecule has 0 N–H and O–H groups in total. The maximum Gasteiger partial charge on any atom is 0.240 e. The quantitative estimate of drug-likeness (QED) is 0.131. The number of rotatable bonds is 10. The van der Waals surface area contributed by atoms with Gasteiger partial charge in [-0.25, -0.2) is 4.98 Å². The molecule has 0 aliphatic carbocycles. The first-order valence-electron chi connectivity index (χ1n) is 47.4. The van der Waals surface area contributed by atoms with Crippen molar-refractivity contribution in [1.29, 1.82) is 0 Å². The first-order valence-corrected chi connectivity index (χ1v) is 47.4. The number of fused-ring (bicyclic) bond motifs is 27. The van der Waals surface area contributed by atoms with Crippen molar-refractivity contribution in [2.45, 2.75) is 0 Å². The largest absolute Gasteiger partial charge is 0.456 e. The molecule has 31 rings (SSSR count).